The van der Waals surface area contributed by atoms with Gasteiger partial charge in [0.05, 0.1) is 7.11 Å². The SMILES string of the molecule is COc1ccc(C(C)(C)c2ccc(OO)cc2)cc1. The van der Waals surface area contributed by atoms with Crippen LogP contribution in [-0.4, -0.2) is 12.4 Å². The average Bonchev–Trinajstić information content (AvgIpc) is 2.47. The van der Waals surface area contributed by atoms with Crippen molar-refractivity contribution in [1.82, 2.24) is 0 Å². The lowest BCUT2D eigenvalue weighted by atomic mass is 9.78. The maximum atomic E-state index is 8.59. The Labute approximate surface area is 113 Å². The minimum atomic E-state index is -0.125. The van der Waals surface area contributed by atoms with Gasteiger partial charge in [-0.3, -0.25) is 0 Å². The van der Waals surface area contributed by atoms with Crippen molar-refractivity contribution in [2.24, 2.45) is 0 Å². The van der Waals surface area contributed by atoms with Crippen LogP contribution in [0.15, 0.2) is 48.5 Å². The van der Waals surface area contributed by atoms with Gasteiger partial charge in [0.25, 0.3) is 0 Å². The third-order valence-electron chi connectivity index (χ3n) is 3.49. The molecule has 0 unspecified atom stereocenters. The van der Waals surface area contributed by atoms with Gasteiger partial charge >= 0.3 is 0 Å². The highest BCUT2D eigenvalue weighted by Gasteiger charge is 2.23. The number of benzene rings is 2. The Morgan fingerprint density at radius 3 is 1.58 bits per heavy atom. The molecule has 100 valence electrons. The lowest BCUT2D eigenvalue weighted by Crippen LogP contribution is -2.18. The Balaban J connectivity index is 2.33. The molecule has 3 heteroatoms. The maximum Gasteiger partial charge on any atom is 0.165 e. The van der Waals surface area contributed by atoms with Gasteiger partial charge in [-0.1, -0.05) is 38.1 Å². The van der Waals surface area contributed by atoms with E-state index < -0.39 is 0 Å². The summed E-state index contributed by atoms with van der Waals surface area (Å²) in [5.74, 6) is 1.29. The predicted molar refractivity (Wildman–Crippen MR) is 74.8 cm³/mol. The molecule has 0 aliphatic rings. The summed E-state index contributed by atoms with van der Waals surface area (Å²) >= 11 is 0. The molecule has 0 bridgehead atoms. The van der Waals surface area contributed by atoms with E-state index in [1.807, 2.05) is 24.3 Å². The molecule has 0 aliphatic carbocycles. The van der Waals surface area contributed by atoms with Crippen LogP contribution in [-0.2, 0) is 5.41 Å². The molecular formula is C16H18O3. The monoisotopic (exact) mass is 258 g/mol. The van der Waals surface area contributed by atoms with Gasteiger partial charge in [0.15, 0.2) is 5.75 Å². The van der Waals surface area contributed by atoms with E-state index in [0.717, 1.165) is 11.3 Å². The highest BCUT2D eigenvalue weighted by Crippen LogP contribution is 2.33. The fourth-order valence-electron chi connectivity index (χ4n) is 2.11. The highest BCUT2D eigenvalue weighted by molar-refractivity contribution is 5.41. The Hall–Kier alpha value is -2.00. The van der Waals surface area contributed by atoms with Crippen molar-refractivity contribution < 1.29 is 14.9 Å². The lowest BCUT2D eigenvalue weighted by Gasteiger charge is -2.26. The van der Waals surface area contributed by atoms with Crippen molar-refractivity contribution in [2.45, 2.75) is 19.3 Å². The molecule has 0 radical (unpaired) electrons. The topological polar surface area (TPSA) is 38.7 Å². The highest BCUT2D eigenvalue weighted by atomic mass is 17.1. The molecule has 19 heavy (non-hydrogen) atoms. The summed E-state index contributed by atoms with van der Waals surface area (Å²) in [4.78, 5) is 4.20. The van der Waals surface area contributed by atoms with Crippen molar-refractivity contribution >= 4 is 0 Å². The summed E-state index contributed by atoms with van der Waals surface area (Å²) in [5, 5.41) is 8.59. The normalized spacial score (nSPS) is 11.2. The first-order chi connectivity index (χ1) is 9.07. The van der Waals surface area contributed by atoms with Crippen molar-refractivity contribution in [3.8, 4) is 11.5 Å². The fraction of sp³-hybridized carbons (Fsp3) is 0.250. The summed E-state index contributed by atoms with van der Waals surface area (Å²) in [7, 11) is 1.66. The van der Waals surface area contributed by atoms with Crippen LogP contribution in [0.3, 0.4) is 0 Å². The van der Waals surface area contributed by atoms with E-state index in [4.69, 9.17) is 9.99 Å². The molecule has 0 atom stereocenters. The number of hydrogen-bond acceptors (Lipinski definition) is 3. The molecule has 0 saturated heterocycles. The first kappa shape index (κ1) is 13.4. The second-order valence-electron chi connectivity index (χ2n) is 4.97. The van der Waals surface area contributed by atoms with Crippen LogP contribution < -0.4 is 9.62 Å². The smallest absolute Gasteiger partial charge is 0.165 e. The van der Waals surface area contributed by atoms with Crippen LogP contribution in [0.2, 0.25) is 0 Å². The van der Waals surface area contributed by atoms with Gasteiger partial charge in [-0.15, -0.1) is 0 Å². The number of methoxy groups -OCH3 is 1. The number of hydrogen-bond donors (Lipinski definition) is 1. The summed E-state index contributed by atoms with van der Waals surface area (Å²) in [6.07, 6.45) is 0. The van der Waals surface area contributed by atoms with Crippen molar-refractivity contribution in [2.75, 3.05) is 7.11 Å². The van der Waals surface area contributed by atoms with Crippen LogP contribution >= 0.6 is 0 Å². The molecule has 3 nitrogen and oxygen atoms in total. The minimum Gasteiger partial charge on any atom is -0.497 e. The zero-order valence-electron chi connectivity index (χ0n) is 11.4. The third-order valence-corrected chi connectivity index (χ3v) is 3.49. The van der Waals surface area contributed by atoms with Gasteiger partial charge in [-0.25, -0.2) is 5.26 Å². The van der Waals surface area contributed by atoms with Gasteiger partial charge in [0.1, 0.15) is 5.75 Å². The van der Waals surface area contributed by atoms with Crippen LogP contribution in [0.25, 0.3) is 0 Å². The molecule has 2 aromatic rings. The summed E-state index contributed by atoms with van der Waals surface area (Å²) < 4.78 is 5.17. The molecule has 0 saturated carbocycles. The quantitative estimate of drug-likeness (QED) is 0.668. The standard InChI is InChI=1S/C16H18O3/c1-16(2,12-4-8-14(18-3)9-5-12)13-6-10-15(19-17)11-7-13/h4-11,17H,1-3H3. The second-order valence-corrected chi connectivity index (χ2v) is 4.97. The molecule has 0 amide bonds. The average molecular weight is 258 g/mol. The van der Waals surface area contributed by atoms with E-state index in [1.165, 1.54) is 5.56 Å². The van der Waals surface area contributed by atoms with Gasteiger partial charge in [-0.05, 0) is 35.4 Å². The molecule has 2 aromatic carbocycles. The van der Waals surface area contributed by atoms with Crippen LogP contribution in [0, 0.1) is 0 Å². The van der Waals surface area contributed by atoms with E-state index in [9.17, 15) is 0 Å². The van der Waals surface area contributed by atoms with Gasteiger partial charge in [-0.2, -0.15) is 0 Å². The number of ether oxygens (including phenoxy) is 1. The molecule has 0 aliphatic heterocycles. The molecular weight excluding hydrogens is 240 g/mol. The first-order valence-electron chi connectivity index (χ1n) is 6.14. The molecule has 0 spiro atoms. The maximum absolute atomic E-state index is 8.59. The Bertz CT molecular complexity index is 477. The number of rotatable bonds is 4. The van der Waals surface area contributed by atoms with Gasteiger partial charge in [0.2, 0.25) is 0 Å². The predicted octanol–water partition coefficient (Wildman–Crippen LogP) is 3.87. The van der Waals surface area contributed by atoms with Crippen molar-refractivity contribution in [3.05, 3.63) is 59.7 Å². The van der Waals surface area contributed by atoms with E-state index in [1.54, 1.807) is 19.2 Å². The van der Waals surface area contributed by atoms with E-state index in [2.05, 4.69) is 30.9 Å². The Morgan fingerprint density at radius 1 is 0.789 bits per heavy atom. The van der Waals surface area contributed by atoms with Crippen molar-refractivity contribution in [1.29, 1.82) is 0 Å². The third kappa shape index (κ3) is 2.71. The molecule has 1 N–H and O–H groups in total. The molecule has 0 fully saturated rings. The zero-order chi connectivity index (χ0) is 13.9. The fourth-order valence-corrected chi connectivity index (χ4v) is 2.11. The summed E-state index contributed by atoms with van der Waals surface area (Å²) in [6, 6.07) is 15.5. The lowest BCUT2D eigenvalue weighted by molar-refractivity contribution is -0.137. The largest absolute Gasteiger partial charge is 0.497 e. The van der Waals surface area contributed by atoms with Crippen LogP contribution in [0.4, 0.5) is 0 Å². The molecule has 0 heterocycles. The second kappa shape index (κ2) is 5.33. The Kier molecular flexibility index (Phi) is 3.76. The summed E-state index contributed by atoms with van der Waals surface area (Å²) in [6.45, 7) is 4.31. The van der Waals surface area contributed by atoms with E-state index in [0.29, 0.717) is 5.75 Å². The summed E-state index contributed by atoms with van der Waals surface area (Å²) in [5.41, 5.74) is 2.23. The van der Waals surface area contributed by atoms with Crippen LogP contribution in [0.1, 0.15) is 25.0 Å². The molecule has 2 rings (SSSR count). The van der Waals surface area contributed by atoms with Gasteiger partial charge in [0, 0.05) is 5.41 Å². The van der Waals surface area contributed by atoms with E-state index in [-0.39, 0.29) is 5.41 Å². The van der Waals surface area contributed by atoms with Gasteiger partial charge < -0.3 is 9.62 Å². The van der Waals surface area contributed by atoms with E-state index >= 15 is 0 Å². The van der Waals surface area contributed by atoms with Crippen LogP contribution in [0.5, 0.6) is 11.5 Å². The van der Waals surface area contributed by atoms with Crippen molar-refractivity contribution in [3.63, 3.8) is 0 Å². The zero-order valence-corrected chi connectivity index (χ0v) is 11.4. The Morgan fingerprint density at radius 2 is 1.21 bits per heavy atom. The molecule has 0 aromatic heterocycles. The minimum absolute atomic E-state index is 0.125. The first-order valence-corrected chi connectivity index (χ1v) is 6.14.